The van der Waals surface area contributed by atoms with E-state index in [9.17, 15) is 19.8 Å². The van der Waals surface area contributed by atoms with Crippen molar-refractivity contribution >= 4 is 11.9 Å². The summed E-state index contributed by atoms with van der Waals surface area (Å²) < 4.78 is 5.32. The number of ether oxygens (including phenoxy) is 1. The summed E-state index contributed by atoms with van der Waals surface area (Å²) in [5, 5.41) is 18.6. The average molecular weight is 265 g/mol. The lowest BCUT2D eigenvalue weighted by molar-refractivity contribution is -0.169. The van der Waals surface area contributed by atoms with Gasteiger partial charge in [-0.05, 0) is 17.7 Å². The maximum Gasteiger partial charge on any atom is 0.329 e. The van der Waals surface area contributed by atoms with Crippen LogP contribution in [-0.4, -0.2) is 52.8 Å². The third-order valence-corrected chi connectivity index (χ3v) is 3.18. The molecule has 6 heteroatoms. The fourth-order valence-electron chi connectivity index (χ4n) is 2.19. The zero-order valence-corrected chi connectivity index (χ0v) is 10.4. The first-order chi connectivity index (χ1) is 8.99. The van der Waals surface area contributed by atoms with Crippen LogP contribution in [0.5, 0.6) is 5.75 Å². The van der Waals surface area contributed by atoms with Gasteiger partial charge >= 0.3 is 5.97 Å². The Morgan fingerprint density at radius 3 is 2.89 bits per heavy atom. The number of hydrogen-bond donors (Lipinski definition) is 2. The number of carboxylic acids is 1. The second kappa shape index (κ2) is 5.27. The fraction of sp³-hybridized carbons (Fsp3) is 0.385. The van der Waals surface area contributed by atoms with Crippen LogP contribution in [0.1, 0.15) is 5.56 Å². The molecular formula is C13H15NO5. The average Bonchev–Trinajstić information content (AvgIpc) is 2.33. The van der Waals surface area contributed by atoms with E-state index in [2.05, 4.69) is 0 Å². The summed E-state index contributed by atoms with van der Waals surface area (Å²) in [6.07, 6.45) is -0.301. The van der Waals surface area contributed by atoms with Gasteiger partial charge in [-0.3, -0.25) is 4.79 Å². The van der Waals surface area contributed by atoms with Crippen molar-refractivity contribution in [3.63, 3.8) is 0 Å². The lowest BCUT2D eigenvalue weighted by atomic mass is 9.99. The molecule has 1 heterocycles. The lowest BCUT2D eigenvalue weighted by Gasteiger charge is -2.36. The van der Waals surface area contributed by atoms with Crippen LogP contribution < -0.4 is 0 Å². The molecule has 2 N–H and O–H groups in total. The zero-order valence-electron chi connectivity index (χ0n) is 10.4. The van der Waals surface area contributed by atoms with Crippen LogP contribution in [0.4, 0.5) is 0 Å². The molecule has 0 radical (unpaired) electrons. The number of aromatic hydroxyl groups is 1. The summed E-state index contributed by atoms with van der Waals surface area (Å²) in [6.45, 7) is -0.121. The smallest absolute Gasteiger partial charge is 0.329 e. The predicted octanol–water partition coefficient (Wildman–Crippen LogP) is 0.245. The van der Waals surface area contributed by atoms with E-state index in [1.54, 1.807) is 18.2 Å². The number of amides is 1. The maximum absolute atomic E-state index is 11.5. The fourth-order valence-corrected chi connectivity index (χ4v) is 2.19. The zero-order chi connectivity index (χ0) is 14.0. The summed E-state index contributed by atoms with van der Waals surface area (Å²) >= 11 is 0. The van der Waals surface area contributed by atoms with Crippen molar-refractivity contribution in [2.45, 2.75) is 18.6 Å². The Bertz CT molecular complexity index is 502. The minimum absolute atomic E-state index is 0.115. The Hall–Kier alpha value is -2.08. The van der Waals surface area contributed by atoms with Gasteiger partial charge in [-0.25, -0.2) is 4.79 Å². The van der Waals surface area contributed by atoms with Gasteiger partial charge < -0.3 is 19.8 Å². The molecular weight excluding hydrogens is 250 g/mol. The Morgan fingerprint density at radius 1 is 1.53 bits per heavy atom. The van der Waals surface area contributed by atoms with Crippen molar-refractivity contribution in [1.29, 1.82) is 0 Å². The number of phenols is 1. The highest BCUT2D eigenvalue weighted by Crippen LogP contribution is 2.20. The SMILES string of the molecule is CN1C(=O)COC(Cc2cccc(O)c2)C1C(=O)O. The van der Waals surface area contributed by atoms with Gasteiger partial charge in [0.15, 0.2) is 6.04 Å². The van der Waals surface area contributed by atoms with Gasteiger partial charge in [0.05, 0.1) is 6.10 Å². The van der Waals surface area contributed by atoms with E-state index in [1.165, 1.54) is 18.0 Å². The maximum atomic E-state index is 11.5. The first kappa shape index (κ1) is 13.4. The Balaban J connectivity index is 2.18. The monoisotopic (exact) mass is 265 g/mol. The van der Waals surface area contributed by atoms with Crippen LogP contribution in [0, 0.1) is 0 Å². The van der Waals surface area contributed by atoms with Crippen molar-refractivity contribution in [2.75, 3.05) is 13.7 Å². The summed E-state index contributed by atoms with van der Waals surface area (Å²) in [5.41, 5.74) is 0.763. The van der Waals surface area contributed by atoms with E-state index in [0.717, 1.165) is 5.56 Å². The number of nitrogens with zero attached hydrogens (tertiary/aromatic N) is 1. The normalized spacial score (nSPS) is 23.4. The molecule has 1 aromatic rings. The van der Waals surface area contributed by atoms with Crippen molar-refractivity contribution < 1.29 is 24.5 Å². The lowest BCUT2D eigenvalue weighted by Crippen LogP contribution is -2.57. The third kappa shape index (κ3) is 2.85. The van der Waals surface area contributed by atoms with Gasteiger partial charge in [-0.15, -0.1) is 0 Å². The quantitative estimate of drug-likeness (QED) is 0.817. The number of likely N-dealkylation sites (N-methyl/N-ethyl adjacent to an activating group) is 1. The number of hydrogen-bond acceptors (Lipinski definition) is 4. The molecule has 1 aliphatic rings. The number of benzene rings is 1. The number of rotatable bonds is 3. The standard InChI is InChI=1S/C13H15NO5/c1-14-11(16)7-19-10(12(14)13(17)18)6-8-3-2-4-9(15)5-8/h2-5,10,12,15H,6-7H2,1H3,(H,17,18). The van der Waals surface area contributed by atoms with Crippen LogP contribution in [0.2, 0.25) is 0 Å². The van der Waals surface area contributed by atoms with Crippen molar-refractivity contribution in [1.82, 2.24) is 4.90 Å². The molecule has 0 spiro atoms. The number of aliphatic carboxylic acids is 1. The van der Waals surface area contributed by atoms with Gasteiger partial charge in [0, 0.05) is 13.5 Å². The summed E-state index contributed by atoms with van der Waals surface area (Å²) in [6, 6.07) is 5.54. The summed E-state index contributed by atoms with van der Waals surface area (Å²) in [4.78, 5) is 23.9. The molecule has 2 atom stereocenters. The first-order valence-electron chi connectivity index (χ1n) is 5.87. The van der Waals surface area contributed by atoms with E-state index in [0.29, 0.717) is 6.42 Å². The van der Waals surface area contributed by atoms with E-state index in [1.807, 2.05) is 0 Å². The van der Waals surface area contributed by atoms with Crippen molar-refractivity contribution in [3.8, 4) is 5.75 Å². The summed E-state index contributed by atoms with van der Waals surface area (Å²) in [5.74, 6) is -1.33. The molecule has 2 unspecified atom stereocenters. The third-order valence-electron chi connectivity index (χ3n) is 3.18. The number of carbonyl (C=O) groups is 2. The minimum atomic E-state index is -1.10. The highest BCUT2D eigenvalue weighted by molar-refractivity contribution is 5.85. The van der Waals surface area contributed by atoms with E-state index in [4.69, 9.17) is 4.74 Å². The highest BCUT2D eigenvalue weighted by atomic mass is 16.5. The molecule has 1 aliphatic heterocycles. The van der Waals surface area contributed by atoms with Gasteiger partial charge in [0.25, 0.3) is 0 Å². The second-order valence-electron chi connectivity index (χ2n) is 4.51. The molecule has 1 saturated heterocycles. The molecule has 0 aliphatic carbocycles. The Kier molecular flexibility index (Phi) is 3.71. The van der Waals surface area contributed by atoms with E-state index < -0.39 is 18.1 Å². The molecule has 2 rings (SSSR count). The van der Waals surface area contributed by atoms with E-state index in [-0.39, 0.29) is 18.3 Å². The summed E-state index contributed by atoms with van der Waals surface area (Å²) in [7, 11) is 1.46. The number of morpholine rings is 1. The van der Waals surface area contributed by atoms with Gasteiger partial charge in [-0.2, -0.15) is 0 Å². The van der Waals surface area contributed by atoms with Crippen LogP contribution >= 0.6 is 0 Å². The highest BCUT2D eigenvalue weighted by Gasteiger charge is 2.39. The number of carboxylic acid groups (broad SMARTS) is 1. The molecule has 102 valence electrons. The van der Waals surface area contributed by atoms with Gasteiger partial charge in [-0.1, -0.05) is 12.1 Å². The molecule has 1 amide bonds. The van der Waals surface area contributed by atoms with Crippen molar-refractivity contribution in [2.24, 2.45) is 0 Å². The molecule has 0 aromatic heterocycles. The topological polar surface area (TPSA) is 87.1 Å². The number of carbonyl (C=O) groups excluding carboxylic acids is 1. The van der Waals surface area contributed by atoms with Crippen LogP contribution in [0.15, 0.2) is 24.3 Å². The molecule has 19 heavy (non-hydrogen) atoms. The van der Waals surface area contributed by atoms with Crippen LogP contribution in [0.25, 0.3) is 0 Å². The number of phenolic OH excluding ortho intramolecular Hbond substituents is 1. The predicted molar refractivity (Wildman–Crippen MR) is 65.7 cm³/mol. The largest absolute Gasteiger partial charge is 0.508 e. The van der Waals surface area contributed by atoms with Gasteiger partial charge in [0.1, 0.15) is 12.4 Å². The molecule has 6 nitrogen and oxygen atoms in total. The molecule has 0 bridgehead atoms. The Morgan fingerprint density at radius 2 is 2.26 bits per heavy atom. The van der Waals surface area contributed by atoms with Crippen LogP contribution in [0.3, 0.4) is 0 Å². The Labute approximate surface area is 110 Å². The molecule has 1 fully saturated rings. The first-order valence-corrected chi connectivity index (χ1v) is 5.87. The second-order valence-corrected chi connectivity index (χ2v) is 4.51. The van der Waals surface area contributed by atoms with Crippen LogP contribution in [-0.2, 0) is 20.7 Å². The van der Waals surface area contributed by atoms with Crippen molar-refractivity contribution in [3.05, 3.63) is 29.8 Å². The van der Waals surface area contributed by atoms with Gasteiger partial charge in [0.2, 0.25) is 5.91 Å². The molecule has 1 aromatic carbocycles. The van der Waals surface area contributed by atoms with E-state index >= 15 is 0 Å². The molecule has 0 saturated carbocycles. The minimum Gasteiger partial charge on any atom is -0.508 e.